The van der Waals surface area contributed by atoms with Gasteiger partial charge in [0, 0.05) is 24.7 Å². The molecule has 0 spiro atoms. The molecule has 2 rings (SSSR count). The van der Waals surface area contributed by atoms with Crippen molar-refractivity contribution in [2.45, 2.75) is 6.92 Å². The van der Waals surface area contributed by atoms with Gasteiger partial charge in [-0.05, 0) is 18.1 Å². The highest BCUT2D eigenvalue weighted by Crippen LogP contribution is 2.31. The molecule has 0 aliphatic carbocycles. The van der Waals surface area contributed by atoms with Gasteiger partial charge in [0.2, 0.25) is 0 Å². The smallest absolute Gasteiger partial charge is 0.263 e. The molecule has 18 heavy (non-hydrogen) atoms. The number of anilines is 1. The number of carbonyl (C=O) groups excluding carboxylic acids is 1. The number of nitrogens with zero attached hydrogens (tertiary/aromatic N) is 1. The number of hydrogen-bond acceptors (Lipinski definition) is 5. The number of pyridine rings is 1. The Morgan fingerprint density at radius 2 is 2.44 bits per heavy atom. The summed E-state index contributed by atoms with van der Waals surface area (Å²) < 4.78 is 0. The van der Waals surface area contributed by atoms with Crippen molar-refractivity contribution in [3.63, 3.8) is 0 Å². The molecule has 1 amide bonds. The van der Waals surface area contributed by atoms with E-state index in [1.54, 1.807) is 12.3 Å². The monoisotopic (exact) mass is 265 g/mol. The van der Waals surface area contributed by atoms with E-state index in [2.05, 4.69) is 10.3 Å². The van der Waals surface area contributed by atoms with Crippen molar-refractivity contribution < 1.29 is 9.90 Å². The number of nitrogen functional groups attached to an aromatic ring is 1. The third kappa shape index (κ3) is 2.44. The fourth-order valence-electron chi connectivity index (χ4n) is 1.53. The van der Waals surface area contributed by atoms with Gasteiger partial charge < -0.3 is 16.2 Å². The fraction of sp³-hybridized carbons (Fsp3) is 0.333. The van der Waals surface area contributed by atoms with Crippen LogP contribution in [0.3, 0.4) is 0 Å². The van der Waals surface area contributed by atoms with Crippen LogP contribution in [0.5, 0.6) is 0 Å². The molecular formula is C12H15N3O2S. The van der Waals surface area contributed by atoms with Crippen molar-refractivity contribution in [1.82, 2.24) is 10.3 Å². The number of amides is 1. The molecule has 2 heterocycles. The summed E-state index contributed by atoms with van der Waals surface area (Å²) in [6.45, 7) is 2.33. The van der Waals surface area contributed by atoms with Gasteiger partial charge in [-0.1, -0.05) is 6.92 Å². The third-order valence-corrected chi connectivity index (χ3v) is 3.76. The molecule has 1 atom stereocenters. The van der Waals surface area contributed by atoms with Gasteiger partial charge in [0.1, 0.15) is 9.71 Å². The average molecular weight is 265 g/mol. The van der Waals surface area contributed by atoms with Crippen molar-refractivity contribution in [3.05, 3.63) is 23.2 Å². The van der Waals surface area contributed by atoms with Gasteiger partial charge in [-0.3, -0.25) is 4.79 Å². The van der Waals surface area contributed by atoms with Gasteiger partial charge in [0.05, 0.1) is 5.69 Å². The number of aromatic nitrogens is 1. The van der Waals surface area contributed by atoms with E-state index in [4.69, 9.17) is 10.8 Å². The Morgan fingerprint density at radius 3 is 3.11 bits per heavy atom. The summed E-state index contributed by atoms with van der Waals surface area (Å²) in [4.78, 5) is 17.4. The van der Waals surface area contributed by atoms with E-state index in [-0.39, 0.29) is 18.4 Å². The minimum Gasteiger partial charge on any atom is -0.397 e. The third-order valence-electron chi connectivity index (χ3n) is 2.63. The second-order valence-electron chi connectivity index (χ2n) is 4.20. The van der Waals surface area contributed by atoms with Crippen molar-refractivity contribution in [1.29, 1.82) is 0 Å². The molecule has 0 saturated carbocycles. The van der Waals surface area contributed by atoms with Crippen LogP contribution in [0.4, 0.5) is 5.69 Å². The maximum absolute atomic E-state index is 12.0. The molecule has 0 bridgehead atoms. The molecule has 2 aromatic rings. The van der Waals surface area contributed by atoms with Gasteiger partial charge in [-0.2, -0.15) is 0 Å². The summed E-state index contributed by atoms with van der Waals surface area (Å²) in [5.74, 6) is -0.182. The summed E-state index contributed by atoms with van der Waals surface area (Å²) in [5.41, 5.74) is 6.41. The number of nitrogens with two attached hydrogens (primary N) is 1. The van der Waals surface area contributed by atoms with Gasteiger partial charge in [0.15, 0.2) is 0 Å². The maximum atomic E-state index is 12.0. The standard InChI is InChI=1S/C12H15N3O2S/c1-7(6-16)5-15-11(17)10-9(13)8-3-2-4-14-12(8)18-10/h2-4,7,16H,5-6,13H2,1H3,(H,15,17). The quantitative estimate of drug-likeness (QED) is 0.776. The Kier molecular flexibility index (Phi) is 3.78. The SMILES string of the molecule is CC(CO)CNC(=O)c1sc2ncccc2c1N. The molecule has 6 heteroatoms. The van der Waals surface area contributed by atoms with Crippen molar-refractivity contribution in [2.24, 2.45) is 5.92 Å². The van der Waals surface area contributed by atoms with E-state index in [9.17, 15) is 4.79 Å². The molecule has 4 N–H and O–H groups in total. The van der Waals surface area contributed by atoms with Crippen LogP contribution in [-0.4, -0.2) is 29.1 Å². The molecule has 96 valence electrons. The Labute approximate surface area is 109 Å². The molecule has 1 unspecified atom stereocenters. The zero-order chi connectivity index (χ0) is 13.1. The topological polar surface area (TPSA) is 88.2 Å². The lowest BCUT2D eigenvalue weighted by atomic mass is 10.2. The normalized spacial score (nSPS) is 12.6. The van der Waals surface area contributed by atoms with Crippen molar-refractivity contribution in [3.8, 4) is 0 Å². The van der Waals surface area contributed by atoms with Gasteiger partial charge in [-0.15, -0.1) is 11.3 Å². The Balaban J connectivity index is 2.20. The number of carbonyl (C=O) groups is 1. The number of rotatable bonds is 4. The average Bonchev–Trinajstić information content (AvgIpc) is 2.73. The van der Waals surface area contributed by atoms with Crippen molar-refractivity contribution in [2.75, 3.05) is 18.9 Å². The molecule has 5 nitrogen and oxygen atoms in total. The summed E-state index contributed by atoms with van der Waals surface area (Å²) in [5, 5.41) is 12.5. The van der Waals surface area contributed by atoms with E-state index in [0.29, 0.717) is 17.1 Å². The minimum atomic E-state index is -0.212. The fourth-order valence-corrected chi connectivity index (χ4v) is 2.51. The second kappa shape index (κ2) is 5.32. The number of thiophene rings is 1. The molecular weight excluding hydrogens is 250 g/mol. The second-order valence-corrected chi connectivity index (χ2v) is 5.20. The van der Waals surface area contributed by atoms with Crippen LogP contribution in [-0.2, 0) is 0 Å². The van der Waals surface area contributed by atoms with Crippen LogP contribution in [0.25, 0.3) is 10.2 Å². The first-order chi connectivity index (χ1) is 8.63. The first kappa shape index (κ1) is 12.8. The minimum absolute atomic E-state index is 0.0303. The van der Waals surface area contributed by atoms with E-state index in [1.165, 1.54) is 11.3 Å². The van der Waals surface area contributed by atoms with Crippen LogP contribution < -0.4 is 11.1 Å². The highest BCUT2D eigenvalue weighted by atomic mass is 32.1. The first-order valence-electron chi connectivity index (χ1n) is 5.65. The van der Waals surface area contributed by atoms with E-state index < -0.39 is 0 Å². The molecule has 0 saturated heterocycles. The number of aliphatic hydroxyl groups excluding tert-OH is 1. The number of aliphatic hydroxyl groups is 1. The molecule has 0 fully saturated rings. The van der Waals surface area contributed by atoms with Crippen LogP contribution in [0, 0.1) is 5.92 Å². The van der Waals surface area contributed by atoms with Crippen LogP contribution >= 0.6 is 11.3 Å². The largest absolute Gasteiger partial charge is 0.397 e. The lowest BCUT2D eigenvalue weighted by molar-refractivity contribution is 0.0947. The van der Waals surface area contributed by atoms with Gasteiger partial charge in [0.25, 0.3) is 5.91 Å². The van der Waals surface area contributed by atoms with E-state index in [0.717, 1.165) is 10.2 Å². The Hall–Kier alpha value is -1.66. The molecule has 0 radical (unpaired) electrons. The Morgan fingerprint density at radius 1 is 1.67 bits per heavy atom. The highest BCUT2D eigenvalue weighted by molar-refractivity contribution is 7.21. The number of nitrogens with one attached hydrogen (secondary N) is 1. The maximum Gasteiger partial charge on any atom is 0.263 e. The predicted molar refractivity (Wildman–Crippen MR) is 72.6 cm³/mol. The highest BCUT2D eigenvalue weighted by Gasteiger charge is 2.16. The lowest BCUT2D eigenvalue weighted by Crippen LogP contribution is -2.29. The molecule has 0 aliphatic heterocycles. The first-order valence-corrected chi connectivity index (χ1v) is 6.47. The zero-order valence-electron chi connectivity index (χ0n) is 10.0. The van der Waals surface area contributed by atoms with Gasteiger partial charge in [-0.25, -0.2) is 4.98 Å². The number of fused-ring (bicyclic) bond motifs is 1. The van der Waals surface area contributed by atoms with Gasteiger partial charge >= 0.3 is 0 Å². The molecule has 2 aromatic heterocycles. The van der Waals surface area contributed by atoms with E-state index >= 15 is 0 Å². The Bertz CT molecular complexity index is 567. The van der Waals surface area contributed by atoms with Crippen LogP contribution in [0.15, 0.2) is 18.3 Å². The zero-order valence-corrected chi connectivity index (χ0v) is 10.8. The lowest BCUT2D eigenvalue weighted by Gasteiger charge is -2.08. The van der Waals surface area contributed by atoms with E-state index in [1.807, 2.05) is 13.0 Å². The van der Waals surface area contributed by atoms with Crippen LogP contribution in [0.2, 0.25) is 0 Å². The summed E-state index contributed by atoms with van der Waals surface area (Å²) in [6.07, 6.45) is 1.67. The summed E-state index contributed by atoms with van der Waals surface area (Å²) >= 11 is 1.28. The molecule has 0 aromatic carbocycles. The summed E-state index contributed by atoms with van der Waals surface area (Å²) in [7, 11) is 0. The molecule has 0 aliphatic rings. The number of hydrogen-bond donors (Lipinski definition) is 3. The van der Waals surface area contributed by atoms with Crippen molar-refractivity contribution >= 4 is 33.1 Å². The van der Waals surface area contributed by atoms with Crippen LogP contribution in [0.1, 0.15) is 16.6 Å². The predicted octanol–water partition coefficient (Wildman–Crippen LogP) is 1.24. The summed E-state index contributed by atoms with van der Waals surface area (Å²) in [6, 6.07) is 3.64.